The molecule has 3 aromatic carbocycles. The van der Waals surface area contributed by atoms with E-state index in [2.05, 4.69) is 84.1 Å². The van der Waals surface area contributed by atoms with E-state index in [-0.39, 0.29) is 0 Å². The van der Waals surface area contributed by atoms with Crippen LogP contribution in [0.4, 0.5) is 0 Å². The highest BCUT2D eigenvalue weighted by Gasteiger charge is 2.06. The maximum absolute atomic E-state index is 5.90. The van der Waals surface area contributed by atoms with Gasteiger partial charge >= 0.3 is 0 Å². The average Bonchev–Trinajstić information content (AvgIpc) is 2.78. The van der Waals surface area contributed by atoms with Crippen molar-refractivity contribution in [1.29, 1.82) is 0 Å². The van der Waals surface area contributed by atoms with Crippen LogP contribution in [0.3, 0.4) is 0 Å². The smallest absolute Gasteiger partial charge is 0.0555 e. The van der Waals surface area contributed by atoms with Gasteiger partial charge in [0.1, 0.15) is 0 Å². The van der Waals surface area contributed by atoms with Gasteiger partial charge in [-0.15, -0.1) is 11.8 Å². The molecule has 0 saturated carbocycles. The minimum atomic E-state index is 0.328. The molecule has 0 heterocycles. The molecule has 30 heavy (non-hydrogen) atoms. The first-order chi connectivity index (χ1) is 14.7. The summed E-state index contributed by atoms with van der Waals surface area (Å²) in [4.78, 5) is 0. The van der Waals surface area contributed by atoms with Crippen molar-refractivity contribution in [2.45, 2.75) is 20.4 Å². The third kappa shape index (κ3) is 5.20. The van der Waals surface area contributed by atoms with E-state index in [1.54, 1.807) is 0 Å². The lowest BCUT2D eigenvalue weighted by Crippen LogP contribution is -1.97. The van der Waals surface area contributed by atoms with Gasteiger partial charge in [-0.1, -0.05) is 41.9 Å². The Balaban J connectivity index is 2.11. The van der Waals surface area contributed by atoms with Crippen LogP contribution in [0.25, 0.3) is 22.3 Å². The van der Waals surface area contributed by atoms with Gasteiger partial charge in [0, 0.05) is 23.2 Å². The van der Waals surface area contributed by atoms with Gasteiger partial charge in [0.15, 0.2) is 0 Å². The predicted molar refractivity (Wildman–Crippen MR) is 126 cm³/mol. The topological polar surface area (TPSA) is 52.0 Å². The lowest BCUT2D eigenvalue weighted by atomic mass is 9.95. The van der Waals surface area contributed by atoms with Crippen LogP contribution in [0.1, 0.15) is 36.1 Å². The van der Waals surface area contributed by atoms with Gasteiger partial charge in [0.2, 0.25) is 0 Å². The first-order valence-corrected chi connectivity index (χ1v) is 9.81. The molecule has 3 aromatic rings. The molecule has 0 atom stereocenters. The second-order valence-electron chi connectivity index (χ2n) is 6.76. The van der Waals surface area contributed by atoms with Crippen molar-refractivity contribution in [3.63, 3.8) is 0 Å². The lowest BCUT2D eigenvalue weighted by molar-refractivity contribution is 1.07. The summed E-state index contributed by atoms with van der Waals surface area (Å²) in [5, 5.41) is 0. The SMILES string of the molecule is CC#Cc1cc(C#CCN)cc(-c2cccc(-c3cc(C#CC)cc(CN)c3)c2)c1. The van der Waals surface area contributed by atoms with Crippen LogP contribution in [-0.2, 0) is 6.54 Å². The van der Waals surface area contributed by atoms with E-state index in [0.29, 0.717) is 13.1 Å². The van der Waals surface area contributed by atoms with Crippen molar-refractivity contribution in [1.82, 2.24) is 0 Å². The van der Waals surface area contributed by atoms with Crippen LogP contribution in [0.5, 0.6) is 0 Å². The molecule has 146 valence electrons. The second-order valence-corrected chi connectivity index (χ2v) is 6.76. The fraction of sp³-hybridized carbons (Fsp3) is 0.143. The Morgan fingerprint density at radius 3 is 1.77 bits per heavy atom. The zero-order valence-corrected chi connectivity index (χ0v) is 17.3. The number of rotatable bonds is 3. The summed E-state index contributed by atoms with van der Waals surface area (Å²) in [6.07, 6.45) is 0. The Hall–Kier alpha value is -3.74. The maximum atomic E-state index is 5.90. The normalized spacial score (nSPS) is 9.47. The summed E-state index contributed by atoms with van der Waals surface area (Å²) in [5.74, 6) is 18.3. The van der Waals surface area contributed by atoms with E-state index in [1.807, 2.05) is 26.0 Å². The molecule has 0 unspecified atom stereocenters. The summed E-state index contributed by atoms with van der Waals surface area (Å²) in [6, 6.07) is 20.9. The standard InChI is InChI=1S/C28H24N2/c1-3-7-21-13-23(9-6-12-29)17-27(15-21)25-10-5-11-26(19-25)28-16-22(8-4-2)14-24(18-28)20-30/h5,10-11,13-19H,12,20,29-30H2,1-2H3. The van der Waals surface area contributed by atoms with E-state index in [0.717, 1.165) is 44.5 Å². The van der Waals surface area contributed by atoms with E-state index < -0.39 is 0 Å². The second kappa shape index (κ2) is 10.2. The Bertz CT molecular complexity index is 1250. The first-order valence-electron chi connectivity index (χ1n) is 9.81. The van der Waals surface area contributed by atoms with E-state index >= 15 is 0 Å². The first kappa shape index (κ1) is 21.0. The fourth-order valence-corrected chi connectivity index (χ4v) is 3.31. The van der Waals surface area contributed by atoms with Gasteiger partial charge in [-0.25, -0.2) is 0 Å². The van der Waals surface area contributed by atoms with Gasteiger partial charge in [-0.2, -0.15) is 0 Å². The molecule has 0 spiro atoms. The third-order valence-electron chi connectivity index (χ3n) is 4.56. The highest BCUT2D eigenvalue weighted by atomic mass is 14.5. The van der Waals surface area contributed by atoms with E-state index in [9.17, 15) is 0 Å². The van der Waals surface area contributed by atoms with Crippen molar-refractivity contribution >= 4 is 0 Å². The predicted octanol–water partition coefficient (Wildman–Crippen LogP) is 4.53. The van der Waals surface area contributed by atoms with Crippen molar-refractivity contribution in [2.24, 2.45) is 11.5 Å². The molecule has 0 radical (unpaired) electrons. The summed E-state index contributed by atoms with van der Waals surface area (Å²) >= 11 is 0. The fourth-order valence-electron chi connectivity index (χ4n) is 3.31. The highest BCUT2D eigenvalue weighted by molar-refractivity contribution is 5.75. The maximum Gasteiger partial charge on any atom is 0.0555 e. The molecule has 0 aliphatic rings. The van der Waals surface area contributed by atoms with Crippen molar-refractivity contribution in [3.05, 3.63) is 82.9 Å². The van der Waals surface area contributed by atoms with Crippen molar-refractivity contribution < 1.29 is 0 Å². The lowest BCUT2D eigenvalue weighted by Gasteiger charge is -2.10. The largest absolute Gasteiger partial charge is 0.326 e. The Morgan fingerprint density at radius 1 is 0.633 bits per heavy atom. The van der Waals surface area contributed by atoms with Crippen LogP contribution < -0.4 is 11.5 Å². The molecule has 0 aliphatic carbocycles. The number of hydrogen-bond acceptors (Lipinski definition) is 2. The van der Waals surface area contributed by atoms with Gasteiger partial charge < -0.3 is 11.5 Å². The quantitative estimate of drug-likeness (QED) is 0.648. The molecular weight excluding hydrogens is 364 g/mol. The van der Waals surface area contributed by atoms with E-state index in [1.165, 1.54) is 0 Å². The molecule has 0 fully saturated rings. The molecule has 0 aromatic heterocycles. The number of benzene rings is 3. The van der Waals surface area contributed by atoms with Crippen LogP contribution in [-0.4, -0.2) is 6.54 Å². The minimum absolute atomic E-state index is 0.328. The molecule has 2 heteroatoms. The Kier molecular flexibility index (Phi) is 7.10. The van der Waals surface area contributed by atoms with Gasteiger partial charge in [-0.3, -0.25) is 0 Å². The molecule has 3 rings (SSSR count). The summed E-state index contributed by atoms with van der Waals surface area (Å²) in [7, 11) is 0. The van der Waals surface area contributed by atoms with Crippen LogP contribution in [0, 0.1) is 35.5 Å². The van der Waals surface area contributed by atoms with Crippen LogP contribution in [0.2, 0.25) is 0 Å². The molecule has 2 nitrogen and oxygen atoms in total. The number of hydrogen-bond donors (Lipinski definition) is 2. The van der Waals surface area contributed by atoms with Gasteiger partial charge in [-0.05, 0) is 84.1 Å². The van der Waals surface area contributed by atoms with Gasteiger partial charge in [0.05, 0.1) is 6.54 Å². The average molecular weight is 389 g/mol. The van der Waals surface area contributed by atoms with Gasteiger partial charge in [0.25, 0.3) is 0 Å². The molecule has 0 amide bonds. The monoisotopic (exact) mass is 388 g/mol. The molecular formula is C28H24N2. The summed E-state index contributed by atoms with van der Waals surface area (Å²) < 4.78 is 0. The summed E-state index contributed by atoms with van der Waals surface area (Å²) in [5.41, 5.74) is 19.7. The zero-order chi connectivity index (χ0) is 21.3. The highest BCUT2D eigenvalue weighted by Crippen LogP contribution is 2.29. The van der Waals surface area contributed by atoms with Crippen molar-refractivity contribution in [2.75, 3.05) is 6.54 Å². The van der Waals surface area contributed by atoms with Crippen LogP contribution >= 0.6 is 0 Å². The van der Waals surface area contributed by atoms with E-state index in [4.69, 9.17) is 11.5 Å². The molecule has 0 bridgehead atoms. The number of nitrogens with two attached hydrogens (primary N) is 2. The van der Waals surface area contributed by atoms with Crippen molar-refractivity contribution in [3.8, 4) is 57.8 Å². The van der Waals surface area contributed by atoms with Crippen LogP contribution in [0.15, 0.2) is 60.7 Å². The molecule has 0 aliphatic heterocycles. The molecule has 4 N–H and O–H groups in total. The Morgan fingerprint density at radius 2 is 1.20 bits per heavy atom. The Labute approximate surface area is 179 Å². The minimum Gasteiger partial charge on any atom is -0.326 e. The molecule has 0 saturated heterocycles. The third-order valence-corrected chi connectivity index (χ3v) is 4.56. The zero-order valence-electron chi connectivity index (χ0n) is 17.3. The summed E-state index contributed by atoms with van der Waals surface area (Å²) in [6.45, 7) is 4.48.